The van der Waals surface area contributed by atoms with E-state index in [1.165, 1.54) is 23.9 Å². The van der Waals surface area contributed by atoms with Gasteiger partial charge in [-0.25, -0.2) is 14.3 Å². The topological polar surface area (TPSA) is 79.8 Å². The van der Waals surface area contributed by atoms with Crippen molar-refractivity contribution in [1.29, 1.82) is 0 Å². The van der Waals surface area contributed by atoms with Gasteiger partial charge in [0.25, 0.3) is 0 Å². The molecule has 1 fully saturated rings. The van der Waals surface area contributed by atoms with Crippen LogP contribution in [-0.2, 0) is 11.3 Å². The van der Waals surface area contributed by atoms with Crippen LogP contribution in [0.15, 0.2) is 34.2 Å². The van der Waals surface area contributed by atoms with E-state index in [-0.39, 0.29) is 28.7 Å². The molecule has 23 heavy (non-hydrogen) atoms. The monoisotopic (exact) mass is 336 g/mol. The molecular weight excluding hydrogens is 319 g/mol. The summed E-state index contributed by atoms with van der Waals surface area (Å²) in [5.41, 5.74) is 0.598. The van der Waals surface area contributed by atoms with Crippen molar-refractivity contribution in [3.63, 3.8) is 0 Å². The number of halogens is 1. The van der Waals surface area contributed by atoms with Crippen LogP contribution in [0.5, 0.6) is 0 Å². The number of aromatic amines is 1. The highest BCUT2D eigenvalue weighted by Gasteiger charge is 2.30. The van der Waals surface area contributed by atoms with Gasteiger partial charge in [0.1, 0.15) is 5.82 Å². The number of benzene rings is 1. The van der Waals surface area contributed by atoms with Gasteiger partial charge in [0.2, 0.25) is 5.91 Å². The van der Waals surface area contributed by atoms with E-state index in [1.54, 1.807) is 23.6 Å². The fourth-order valence-electron chi connectivity index (χ4n) is 2.17. The van der Waals surface area contributed by atoms with Crippen molar-refractivity contribution in [2.75, 3.05) is 0 Å². The van der Waals surface area contributed by atoms with E-state index in [0.717, 1.165) is 18.4 Å². The van der Waals surface area contributed by atoms with Gasteiger partial charge in [-0.2, -0.15) is 0 Å². The normalized spacial score (nSPS) is 15.4. The average Bonchev–Trinajstić information content (AvgIpc) is 3.30. The summed E-state index contributed by atoms with van der Waals surface area (Å²) in [6.45, 7) is 2.10. The first-order chi connectivity index (χ1) is 11.0. The third-order valence-corrected chi connectivity index (χ3v) is 4.68. The summed E-state index contributed by atoms with van der Waals surface area (Å²) < 4.78 is 14.5. The Labute approximate surface area is 136 Å². The summed E-state index contributed by atoms with van der Waals surface area (Å²) >= 11 is 1.25. The molecular formula is C15H17FN4O2S. The van der Waals surface area contributed by atoms with Gasteiger partial charge in [0.05, 0.1) is 5.25 Å². The first-order valence-electron chi connectivity index (χ1n) is 7.40. The fourth-order valence-corrected chi connectivity index (χ4v) is 3.13. The molecule has 1 saturated carbocycles. The molecule has 1 aliphatic rings. The molecule has 0 radical (unpaired) electrons. The molecule has 1 aromatic heterocycles. The Morgan fingerprint density at radius 3 is 2.83 bits per heavy atom. The highest BCUT2D eigenvalue weighted by molar-refractivity contribution is 8.00. The largest absolute Gasteiger partial charge is 0.351 e. The van der Waals surface area contributed by atoms with E-state index in [0.29, 0.717) is 11.7 Å². The molecule has 1 heterocycles. The number of nitrogens with one attached hydrogen (secondary N) is 2. The Balaban J connectivity index is 1.57. The number of hydrogen-bond acceptors (Lipinski definition) is 4. The molecule has 0 spiro atoms. The van der Waals surface area contributed by atoms with Gasteiger partial charge in [0, 0.05) is 12.6 Å². The van der Waals surface area contributed by atoms with Crippen molar-refractivity contribution < 1.29 is 9.18 Å². The van der Waals surface area contributed by atoms with Gasteiger partial charge < -0.3 is 5.32 Å². The predicted octanol–water partition coefficient (Wildman–Crippen LogP) is 1.84. The van der Waals surface area contributed by atoms with E-state index < -0.39 is 0 Å². The maximum atomic E-state index is 12.8. The number of aromatic nitrogens is 3. The molecule has 0 saturated heterocycles. The van der Waals surface area contributed by atoms with Gasteiger partial charge in [0.15, 0.2) is 5.16 Å². The second-order valence-electron chi connectivity index (χ2n) is 5.52. The Bertz CT molecular complexity index is 752. The van der Waals surface area contributed by atoms with Gasteiger partial charge in [-0.1, -0.05) is 23.9 Å². The minimum absolute atomic E-state index is 0.155. The maximum Gasteiger partial charge on any atom is 0.344 e. The number of nitrogens with zero attached hydrogens (tertiary/aromatic N) is 2. The van der Waals surface area contributed by atoms with Crippen molar-refractivity contribution in [2.45, 2.75) is 42.8 Å². The van der Waals surface area contributed by atoms with E-state index in [4.69, 9.17) is 0 Å². The van der Waals surface area contributed by atoms with Crippen molar-refractivity contribution in [3.05, 3.63) is 46.1 Å². The van der Waals surface area contributed by atoms with Crippen LogP contribution in [-0.4, -0.2) is 25.9 Å². The second kappa shape index (κ2) is 6.57. The zero-order valence-corrected chi connectivity index (χ0v) is 13.4. The van der Waals surface area contributed by atoms with Crippen LogP contribution in [0, 0.1) is 5.82 Å². The number of carbonyl (C=O) groups is 1. The minimum Gasteiger partial charge on any atom is -0.351 e. The Kier molecular flexibility index (Phi) is 4.51. The molecule has 1 atom stereocenters. The van der Waals surface area contributed by atoms with Crippen LogP contribution >= 0.6 is 11.8 Å². The van der Waals surface area contributed by atoms with E-state index in [1.807, 2.05) is 0 Å². The molecule has 0 bridgehead atoms. The van der Waals surface area contributed by atoms with Gasteiger partial charge in [-0.3, -0.25) is 9.36 Å². The molecule has 1 aliphatic carbocycles. The number of H-pyrrole nitrogens is 1. The number of carbonyl (C=O) groups excluding carboxylic acids is 1. The Hall–Kier alpha value is -2.09. The van der Waals surface area contributed by atoms with Crippen molar-refractivity contribution in [3.8, 4) is 0 Å². The van der Waals surface area contributed by atoms with Gasteiger partial charge in [-0.15, -0.1) is 5.10 Å². The lowest BCUT2D eigenvalue weighted by Gasteiger charge is -2.12. The smallest absolute Gasteiger partial charge is 0.344 e. The molecule has 1 aromatic carbocycles. The van der Waals surface area contributed by atoms with Crippen LogP contribution in [0.4, 0.5) is 4.39 Å². The first kappa shape index (κ1) is 15.8. The summed E-state index contributed by atoms with van der Waals surface area (Å²) in [4.78, 5) is 23.9. The molecule has 1 unspecified atom stereocenters. The number of hydrogen-bond donors (Lipinski definition) is 2. The SMILES string of the molecule is CC(Sc1n[nH]c(=O)n1C1CC1)C(=O)NCc1ccc(F)cc1. The molecule has 2 aromatic rings. The summed E-state index contributed by atoms with van der Waals surface area (Å²) in [6, 6.07) is 6.19. The molecule has 3 rings (SSSR count). The van der Waals surface area contributed by atoms with Crippen LogP contribution in [0.3, 0.4) is 0 Å². The zero-order chi connectivity index (χ0) is 16.4. The number of thioether (sulfide) groups is 1. The van der Waals surface area contributed by atoms with Crippen LogP contribution in [0.2, 0.25) is 0 Å². The predicted molar refractivity (Wildman–Crippen MR) is 84.7 cm³/mol. The Morgan fingerprint density at radius 1 is 1.48 bits per heavy atom. The van der Waals surface area contributed by atoms with Gasteiger partial charge in [-0.05, 0) is 37.5 Å². The molecule has 1 amide bonds. The Morgan fingerprint density at radius 2 is 2.17 bits per heavy atom. The highest BCUT2D eigenvalue weighted by Crippen LogP contribution is 2.36. The minimum atomic E-state index is -0.386. The third kappa shape index (κ3) is 3.82. The summed E-state index contributed by atoms with van der Waals surface area (Å²) in [7, 11) is 0. The molecule has 0 aliphatic heterocycles. The van der Waals surface area contributed by atoms with Gasteiger partial charge >= 0.3 is 5.69 Å². The lowest BCUT2D eigenvalue weighted by atomic mass is 10.2. The van der Waals surface area contributed by atoms with Crippen molar-refractivity contribution in [2.24, 2.45) is 0 Å². The van der Waals surface area contributed by atoms with Crippen LogP contribution in [0.25, 0.3) is 0 Å². The van der Waals surface area contributed by atoms with E-state index >= 15 is 0 Å². The van der Waals surface area contributed by atoms with Crippen LogP contribution in [0.1, 0.15) is 31.4 Å². The third-order valence-electron chi connectivity index (χ3n) is 3.62. The fraction of sp³-hybridized carbons (Fsp3) is 0.400. The summed E-state index contributed by atoms with van der Waals surface area (Å²) in [6.07, 6.45) is 1.94. The maximum absolute atomic E-state index is 12.8. The standard InChI is InChI=1S/C15H17FN4O2S/c1-9(13(21)17-8-10-2-4-11(16)5-3-10)23-15-19-18-14(22)20(15)12-6-7-12/h2-5,9,12H,6-8H2,1H3,(H,17,21)(H,18,22). The number of rotatable bonds is 6. The second-order valence-corrected chi connectivity index (χ2v) is 6.82. The van der Waals surface area contributed by atoms with Crippen molar-refractivity contribution in [1.82, 2.24) is 20.1 Å². The lowest BCUT2D eigenvalue weighted by molar-refractivity contribution is -0.120. The van der Waals surface area contributed by atoms with E-state index in [9.17, 15) is 14.0 Å². The molecule has 122 valence electrons. The summed E-state index contributed by atoms with van der Waals surface area (Å²) in [5.74, 6) is -0.460. The molecule has 6 nitrogen and oxygen atoms in total. The first-order valence-corrected chi connectivity index (χ1v) is 8.28. The van der Waals surface area contributed by atoms with Crippen LogP contribution < -0.4 is 11.0 Å². The van der Waals surface area contributed by atoms with E-state index in [2.05, 4.69) is 15.5 Å². The molecule has 2 N–H and O–H groups in total. The highest BCUT2D eigenvalue weighted by atomic mass is 32.2. The number of amides is 1. The quantitative estimate of drug-likeness (QED) is 0.789. The van der Waals surface area contributed by atoms with Crippen molar-refractivity contribution >= 4 is 17.7 Å². The average molecular weight is 336 g/mol. The zero-order valence-electron chi connectivity index (χ0n) is 12.6. The lowest BCUT2D eigenvalue weighted by Crippen LogP contribution is -2.30. The molecule has 8 heteroatoms. The summed E-state index contributed by atoms with van der Waals surface area (Å²) in [5, 5.41) is 9.39.